The van der Waals surface area contributed by atoms with E-state index in [4.69, 9.17) is 39.5 Å². The minimum atomic E-state index is -0.517. The fourth-order valence-electron chi connectivity index (χ4n) is 1.46. The molecular formula is C14H9Cl3O2. The van der Waals surface area contributed by atoms with Crippen LogP contribution >= 0.6 is 34.8 Å². The fourth-order valence-corrected chi connectivity index (χ4v) is 2.11. The van der Waals surface area contributed by atoms with Crippen molar-refractivity contribution in [2.45, 2.75) is 5.88 Å². The highest BCUT2D eigenvalue weighted by Gasteiger charge is 2.13. The van der Waals surface area contributed by atoms with Crippen LogP contribution in [0.1, 0.15) is 15.9 Å². The Balaban J connectivity index is 2.20. The highest BCUT2D eigenvalue weighted by atomic mass is 35.5. The maximum Gasteiger partial charge on any atom is 0.343 e. The van der Waals surface area contributed by atoms with E-state index in [1.807, 2.05) is 0 Å². The summed E-state index contributed by atoms with van der Waals surface area (Å²) in [5.41, 5.74) is 1.33. The standard InChI is InChI=1S/C14H9Cl3O2/c15-8-9-4-6-10(7-5-9)14(18)19-13-11(16)2-1-3-12(13)17/h1-7H,8H2. The SMILES string of the molecule is O=C(Oc1c(Cl)cccc1Cl)c1ccc(CCl)cc1. The van der Waals surface area contributed by atoms with Crippen LogP contribution in [0.4, 0.5) is 0 Å². The van der Waals surface area contributed by atoms with Crippen LogP contribution in [0, 0.1) is 0 Å². The molecule has 2 aromatic rings. The lowest BCUT2D eigenvalue weighted by Gasteiger charge is -2.08. The van der Waals surface area contributed by atoms with Gasteiger partial charge in [0, 0.05) is 5.88 Å². The second-order valence-electron chi connectivity index (χ2n) is 3.77. The summed E-state index contributed by atoms with van der Waals surface area (Å²) in [6.45, 7) is 0. The molecule has 2 aromatic carbocycles. The molecule has 98 valence electrons. The molecule has 0 saturated heterocycles. The third kappa shape index (κ3) is 3.41. The minimum Gasteiger partial charge on any atom is -0.420 e. The lowest BCUT2D eigenvalue weighted by molar-refractivity contribution is 0.0735. The molecule has 0 aliphatic rings. The van der Waals surface area contributed by atoms with Crippen molar-refractivity contribution in [1.29, 1.82) is 0 Å². The van der Waals surface area contributed by atoms with Gasteiger partial charge in [-0.1, -0.05) is 41.4 Å². The molecule has 0 saturated carbocycles. The molecule has 5 heteroatoms. The zero-order valence-corrected chi connectivity index (χ0v) is 12.0. The Bertz CT molecular complexity index is 574. The van der Waals surface area contributed by atoms with Crippen LogP contribution in [0.3, 0.4) is 0 Å². The van der Waals surface area contributed by atoms with Crippen LogP contribution in [-0.2, 0) is 5.88 Å². The Hall–Kier alpha value is -1.22. The number of rotatable bonds is 3. The monoisotopic (exact) mass is 314 g/mol. The molecule has 0 N–H and O–H groups in total. The molecule has 0 aromatic heterocycles. The summed E-state index contributed by atoms with van der Waals surface area (Å²) in [6, 6.07) is 11.7. The smallest absolute Gasteiger partial charge is 0.343 e. The van der Waals surface area contributed by atoms with Crippen molar-refractivity contribution >= 4 is 40.8 Å². The third-order valence-corrected chi connectivity index (χ3v) is 3.36. The second-order valence-corrected chi connectivity index (χ2v) is 4.85. The van der Waals surface area contributed by atoms with E-state index in [1.54, 1.807) is 42.5 Å². The summed E-state index contributed by atoms with van der Waals surface area (Å²) in [5.74, 6) is 0.0412. The first-order chi connectivity index (χ1) is 9.11. The second kappa shape index (κ2) is 6.29. The molecule has 0 aliphatic heterocycles. The topological polar surface area (TPSA) is 26.3 Å². The molecule has 0 amide bonds. The fraction of sp³-hybridized carbons (Fsp3) is 0.0714. The first-order valence-electron chi connectivity index (χ1n) is 5.43. The molecule has 0 radical (unpaired) electrons. The van der Waals surface area contributed by atoms with Gasteiger partial charge in [-0.25, -0.2) is 4.79 Å². The number of carbonyl (C=O) groups excluding carboxylic acids is 1. The number of halogens is 3. The van der Waals surface area contributed by atoms with Gasteiger partial charge >= 0.3 is 5.97 Å². The van der Waals surface area contributed by atoms with Crippen molar-refractivity contribution in [3.63, 3.8) is 0 Å². The van der Waals surface area contributed by atoms with Gasteiger partial charge in [0.25, 0.3) is 0 Å². The van der Waals surface area contributed by atoms with Gasteiger partial charge in [-0.05, 0) is 29.8 Å². The van der Waals surface area contributed by atoms with E-state index >= 15 is 0 Å². The maximum atomic E-state index is 11.9. The Morgan fingerprint density at radius 3 is 2.11 bits per heavy atom. The number of hydrogen-bond acceptors (Lipinski definition) is 2. The average molecular weight is 316 g/mol. The predicted molar refractivity (Wildman–Crippen MR) is 77.4 cm³/mol. The Morgan fingerprint density at radius 1 is 1.00 bits per heavy atom. The molecule has 0 fully saturated rings. The van der Waals surface area contributed by atoms with Gasteiger partial charge in [0.2, 0.25) is 0 Å². The molecule has 0 spiro atoms. The predicted octanol–water partition coefficient (Wildman–Crippen LogP) is 4.95. The molecule has 2 rings (SSSR count). The lowest BCUT2D eigenvalue weighted by Crippen LogP contribution is -2.09. The minimum absolute atomic E-state index is 0.164. The number of para-hydroxylation sites is 1. The number of ether oxygens (including phenoxy) is 1. The summed E-state index contributed by atoms with van der Waals surface area (Å²) in [7, 11) is 0. The van der Waals surface area contributed by atoms with E-state index < -0.39 is 5.97 Å². The van der Waals surface area contributed by atoms with Crippen molar-refractivity contribution < 1.29 is 9.53 Å². The molecule has 0 bridgehead atoms. The molecular weight excluding hydrogens is 307 g/mol. The van der Waals surface area contributed by atoms with E-state index in [-0.39, 0.29) is 5.75 Å². The Labute approximate surface area is 125 Å². The van der Waals surface area contributed by atoms with Crippen LogP contribution in [-0.4, -0.2) is 5.97 Å². The van der Waals surface area contributed by atoms with Crippen LogP contribution < -0.4 is 4.74 Å². The molecule has 19 heavy (non-hydrogen) atoms. The molecule has 2 nitrogen and oxygen atoms in total. The quantitative estimate of drug-likeness (QED) is 0.455. The normalized spacial score (nSPS) is 10.3. The van der Waals surface area contributed by atoms with Crippen molar-refractivity contribution in [3.05, 3.63) is 63.6 Å². The average Bonchev–Trinajstić information content (AvgIpc) is 2.43. The van der Waals surface area contributed by atoms with Gasteiger partial charge in [0.05, 0.1) is 15.6 Å². The molecule has 0 aliphatic carbocycles. The number of carbonyl (C=O) groups is 1. The van der Waals surface area contributed by atoms with Crippen molar-refractivity contribution in [2.24, 2.45) is 0 Å². The zero-order valence-electron chi connectivity index (χ0n) is 9.70. The van der Waals surface area contributed by atoms with Crippen molar-refractivity contribution in [3.8, 4) is 5.75 Å². The van der Waals surface area contributed by atoms with Gasteiger partial charge in [-0.3, -0.25) is 0 Å². The summed E-state index contributed by atoms with van der Waals surface area (Å²) in [6.07, 6.45) is 0. The first-order valence-corrected chi connectivity index (χ1v) is 6.72. The number of hydrogen-bond donors (Lipinski definition) is 0. The van der Waals surface area contributed by atoms with Crippen molar-refractivity contribution in [1.82, 2.24) is 0 Å². The molecule has 0 heterocycles. The highest BCUT2D eigenvalue weighted by molar-refractivity contribution is 6.37. The van der Waals surface area contributed by atoms with Crippen molar-refractivity contribution in [2.75, 3.05) is 0 Å². The van der Waals surface area contributed by atoms with Crippen LogP contribution in [0.15, 0.2) is 42.5 Å². The number of esters is 1. The van der Waals surface area contributed by atoms with Gasteiger partial charge in [0.15, 0.2) is 5.75 Å². The van der Waals surface area contributed by atoms with Crippen LogP contribution in [0.5, 0.6) is 5.75 Å². The van der Waals surface area contributed by atoms with Gasteiger partial charge < -0.3 is 4.74 Å². The van der Waals surface area contributed by atoms with Crippen LogP contribution in [0.2, 0.25) is 10.0 Å². The summed E-state index contributed by atoms with van der Waals surface area (Å²) in [4.78, 5) is 11.9. The summed E-state index contributed by atoms with van der Waals surface area (Å²) < 4.78 is 5.20. The number of alkyl halides is 1. The maximum absolute atomic E-state index is 11.9. The third-order valence-electron chi connectivity index (χ3n) is 2.46. The van der Waals surface area contributed by atoms with Gasteiger partial charge in [-0.2, -0.15) is 0 Å². The van der Waals surface area contributed by atoms with Gasteiger partial charge in [-0.15, -0.1) is 11.6 Å². The number of benzene rings is 2. The lowest BCUT2D eigenvalue weighted by atomic mass is 10.1. The first kappa shape index (κ1) is 14.2. The van der Waals surface area contributed by atoms with Crippen LogP contribution in [0.25, 0.3) is 0 Å². The summed E-state index contributed by atoms with van der Waals surface area (Å²) >= 11 is 17.5. The largest absolute Gasteiger partial charge is 0.420 e. The molecule has 0 atom stereocenters. The zero-order chi connectivity index (χ0) is 13.8. The highest BCUT2D eigenvalue weighted by Crippen LogP contribution is 2.32. The van der Waals surface area contributed by atoms with E-state index in [1.165, 1.54) is 0 Å². The summed E-state index contributed by atoms with van der Waals surface area (Å²) in [5, 5.41) is 0.580. The van der Waals surface area contributed by atoms with Gasteiger partial charge in [0.1, 0.15) is 0 Å². The Kier molecular flexibility index (Phi) is 4.70. The molecule has 0 unspecified atom stereocenters. The Morgan fingerprint density at radius 2 is 1.58 bits per heavy atom. The van der Waals surface area contributed by atoms with E-state index in [9.17, 15) is 4.79 Å². The van der Waals surface area contributed by atoms with E-state index in [0.717, 1.165) is 5.56 Å². The van der Waals surface area contributed by atoms with E-state index in [0.29, 0.717) is 21.5 Å². The van der Waals surface area contributed by atoms with E-state index in [2.05, 4.69) is 0 Å².